The lowest BCUT2D eigenvalue weighted by Crippen LogP contribution is -2.48. The maximum absolute atomic E-state index is 11.9. The van der Waals surface area contributed by atoms with E-state index in [4.69, 9.17) is 5.11 Å². The van der Waals surface area contributed by atoms with Crippen LogP contribution in [0.5, 0.6) is 0 Å². The molecule has 1 aromatic rings. The minimum atomic E-state index is -3.82. The summed E-state index contributed by atoms with van der Waals surface area (Å²) >= 11 is 0. The molecule has 110 valence electrons. The Morgan fingerprint density at radius 1 is 1.25 bits per heavy atom. The second-order valence-electron chi connectivity index (χ2n) is 5.51. The Hall–Kier alpha value is -1.66. The Labute approximate surface area is 119 Å². The Balaban J connectivity index is 2.89. The molecule has 0 saturated carbocycles. The van der Waals surface area contributed by atoms with E-state index in [1.807, 2.05) is 6.07 Å². The van der Waals surface area contributed by atoms with Crippen molar-refractivity contribution in [3.8, 4) is 0 Å². The highest BCUT2D eigenvalue weighted by Crippen LogP contribution is 2.20. The molecule has 2 N–H and O–H groups in total. The van der Waals surface area contributed by atoms with Gasteiger partial charge in [-0.2, -0.15) is 4.72 Å². The number of hydrogen-bond acceptors (Lipinski definition) is 3. The first-order chi connectivity index (χ1) is 9.12. The summed E-state index contributed by atoms with van der Waals surface area (Å²) in [5.41, 5.74) is -0.0000347. The van der Waals surface area contributed by atoms with Gasteiger partial charge in [-0.25, -0.2) is 8.42 Å². The Morgan fingerprint density at radius 3 is 2.25 bits per heavy atom. The van der Waals surface area contributed by atoms with Crippen molar-refractivity contribution in [1.29, 1.82) is 0 Å². The molecule has 1 aromatic carbocycles. The van der Waals surface area contributed by atoms with E-state index in [2.05, 4.69) is 4.72 Å². The molecule has 0 aliphatic rings. The summed E-state index contributed by atoms with van der Waals surface area (Å²) in [4.78, 5) is 11.1. The number of sulfonamides is 1. The average molecular weight is 297 g/mol. The van der Waals surface area contributed by atoms with E-state index < -0.39 is 27.4 Å². The van der Waals surface area contributed by atoms with Crippen molar-refractivity contribution in [2.75, 3.05) is 0 Å². The van der Waals surface area contributed by atoms with E-state index in [0.717, 1.165) is 11.0 Å². The number of carboxylic acids is 1. The highest BCUT2D eigenvalue weighted by Gasteiger charge is 2.33. The molecule has 6 heteroatoms. The molecule has 0 aromatic heterocycles. The van der Waals surface area contributed by atoms with Crippen molar-refractivity contribution in [1.82, 2.24) is 4.72 Å². The quantitative estimate of drug-likeness (QED) is 0.871. The van der Waals surface area contributed by atoms with Crippen LogP contribution in [0.3, 0.4) is 0 Å². The zero-order valence-corrected chi connectivity index (χ0v) is 12.5. The van der Waals surface area contributed by atoms with E-state index in [-0.39, 0.29) is 0 Å². The molecule has 0 aliphatic carbocycles. The molecule has 0 fully saturated rings. The van der Waals surface area contributed by atoms with Gasteiger partial charge in [-0.3, -0.25) is 4.79 Å². The molecule has 20 heavy (non-hydrogen) atoms. The SMILES string of the molecule is CC(C)(C)[C@H](NS(=O)(=O)/C=C/c1ccccc1)C(=O)O. The van der Waals surface area contributed by atoms with Gasteiger partial charge in [0.1, 0.15) is 6.04 Å². The van der Waals surface area contributed by atoms with Crippen LogP contribution in [-0.4, -0.2) is 25.5 Å². The zero-order chi connectivity index (χ0) is 15.4. The third kappa shape index (κ3) is 5.14. The number of carbonyl (C=O) groups is 1. The first kappa shape index (κ1) is 16.4. The maximum Gasteiger partial charge on any atom is 0.322 e. The van der Waals surface area contributed by atoms with Crippen LogP contribution in [-0.2, 0) is 14.8 Å². The van der Waals surface area contributed by atoms with Crippen molar-refractivity contribution < 1.29 is 18.3 Å². The second kappa shape index (κ2) is 6.19. The van der Waals surface area contributed by atoms with Gasteiger partial charge in [0, 0.05) is 5.41 Å². The average Bonchev–Trinajstić information content (AvgIpc) is 2.33. The zero-order valence-electron chi connectivity index (χ0n) is 11.7. The number of nitrogens with one attached hydrogen (secondary N) is 1. The van der Waals surface area contributed by atoms with Gasteiger partial charge >= 0.3 is 5.97 Å². The fourth-order valence-electron chi connectivity index (χ4n) is 1.53. The van der Waals surface area contributed by atoms with Crippen LogP contribution >= 0.6 is 0 Å². The number of hydrogen-bond donors (Lipinski definition) is 2. The molecule has 1 atom stereocenters. The van der Waals surface area contributed by atoms with Crippen molar-refractivity contribution in [3.05, 3.63) is 41.3 Å². The minimum absolute atomic E-state index is 0.723. The highest BCUT2D eigenvalue weighted by molar-refractivity contribution is 7.92. The fraction of sp³-hybridized carbons (Fsp3) is 0.357. The molecule has 0 aliphatic heterocycles. The molecule has 0 unspecified atom stereocenters. The minimum Gasteiger partial charge on any atom is -0.480 e. The maximum atomic E-state index is 11.9. The lowest BCUT2D eigenvalue weighted by atomic mass is 9.88. The van der Waals surface area contributed by atoms with Crippen LogP contribution in [0.25, 0.3) is 6.08 Å². The predicted octanol–water partition coefficient (Wildman–Crippen LogP) is 2.08. The number of rotatable bonds is 5. The summed E-state index contributed by atoms with van der Waals surface area (Å²) in [6.45, 7) is 4.99. The van der Waals surface area contributed by atoms with Gasteiger partial charge in [0.15, 0.2) is 0 Å². The van der Waals surface area contributed by atoms with Crippen LogP contribution < -0.4 is 4.72 Å². The Morgan fingerprint density at radius 2 is 1.80 bits per heavy atom. The third-order valence-corrected chi connectivity index (χ3v) is 3.69. The number of benzene rings is 1. The molecule has 0 saturated heterocycles. The molecule has 1 rings (SSSR count). The molecule has 0 radical (unpaired) electrons. The van der Waals surface area contributed by atoms with Gasteiger partial charge in [-0.15, -0.1) is 0 Å². The van der Waals surface area contributed by atoms with E-state index >= 15 is 0 Å². The van der Waals surface area contributed by atoms with Gasteiger partial charge in [-0.05, 0) is 17.1 Å². The lowest BCUT2D eigenvalue weighted by Gasteiger charge is -2.26. The third-order valence-electron chi connectivity index (χ3n) is 2.63. The normalized spacial score (nSPS) is 14.3. The lowest BCUT2D eigenvalue weighted by molar-refractivity contribution is -0.141. The van der Waals surface area contributed by atoms with E-state index in [9.17, 15) is 13.2 Å². The molecule has 0 bridgehead atoms. The first-order valence-electron chi connectivity index (χ1n) is 6.10. The van der Waals surface area contributed by atoms with E-state index in [0.29, 0.717) is 0 Å². The van der Waals surface area contributed by atoms with Gasteiger partial charge in [0.05, 0.1) is 0 Å². The van der Waals surface area contributed by atoms with Crippen LogP contribution in [0.15, 0.2) is 35.7 Å². The van der Waals surface area contributed by atoms with Crippen molar-refractivity contribution in [2.24, 2.45) is 5.41 Å². The summed E-state index contributed by atoms with van der Waals surface area (Å²) in [5, 5.41) is 10.1. The summed E-state index contributed by atoms with van der Waals surface area (Å²) in [6.07, 6.45) is 1.42. The summed E-state index contributed by atoms with van der Waals surface area (Å²) in [6, 6.07) is 7.72. The van der Waals surface area contributed by atoms with Crippen LogP contribution in [0.1, 0.15) is 26.3 Å². The van der Waals surface area contributed by atoms with Crippen molar-refractivity contribution in [2.45, 2.75) is 26.8 Å². The molecule has 0 amide bonds. The van der Waals surface area contributed by atoms with Gasteiger partial charge in [0.2, 0.25) is 10.0 Å². The monoisotopic (exact) mass is 297 g/mol. The molecule has 5 nitrogen and oxygen atoms in total. The highest BCUT2D eigenvalue weighted by atomic mass is 32.2. The topological polar surface area (TPSA) is 83.5 Å². The fourth-order valence-corrected chi connectivity index (χ4v) is 2.73. The van der Waals surface area contributed by atoms with Gasteiger partial charge in [-0.1, -0.05) is 51.1 Å². The Bertz CT molecular complexity index is 585. The van der Waals surface area contributed by atoms with Crippen molar-refractivity contribution in [3.63, 3.8) is 0 Å². The summed E-state index contributed by atoms with van der Waals surface area (Å²) in [7, 11) is -3.82. The van der Waals surface area contributed by atoms with Crippen molar-refractivity contribution >= 4 is 22.1 Å². The van der Waals surface area contributed by atoms with Gasteiger partial charge < -0.3 is 5.11 Å². The first-order valence-corrected chi connectivity index (χ1v) is 7.65. The van der Waals surface area contributed by atoms with Crippen LogP contribution in [0.2, 0.25) is 0 Å². The second-order valence-corrected chi connectivity index (χ2v) is 7.11. The standard InChI is InChI=1S/C14H19NO4S/c1-14(2,3)12(13(16)17)15-20(18,19)10-9-11-7-5-4-6-8-11/h4-10,12,15H,1-3H3,(H,16,17)/b10-9+/t12-/m1/s1. The van der Waals surface area contributed by atoms with Crippen LogP contribution in [0.4, 0.5) is 0 Å². The number of carboxylic acid groups (broad SMARTS) is 1. The Kier molecular flexibility index (Phi) is 5.08. The smallest absolute Gasteiger partial charge is 0.322 e. The molecule has 0 spiro atoms. The number of aliphatic carboxylic acids is 1. The predicted molar refractivity (Wildman–Crippen MR) is 78.4 cm³/mol. The molecule has 0 heterocycles. The summed E-state index contributed by atoms with van der Waals surface area (Å²) in [5.74, 6) is -1.20. The van der Waals surface area contributed by atoms with E-state index in [1.165, 1.54) is 6.08 Å². The van der Waals surface area contributed by atoms with E-state index in [1.54, 1.807) is 45.0 Å². The molecular formula is C14H19NO4S. The van der Waals surface area contributed by atoms with Gasteiger partial charge in [0.25, 0.3) is 0 Å². The largest absolute Gasteiger partial charge is 0.480 e. The molecular weight excluding hydrogens is 278 g/mol. The van der Waals surface area contributed by atoms with Crippen LogP contribution in [0, 0.1) is 5.41 Å². The summed E-state index contributed by atoms with van der Waals surface area (Å²) < 4.78 is 26.0.